The number of nitrogens with zero attached hydrogens (tertiary/aromatic N) is 1. The van der Waals surface area contributed by atoms with Gasteiger partial charge in [0.25, 0.3) is 5.91 Å². The van der Waals surface area contributed by atoms with E-state index < -0.39 is 6.04 Å². The van der Waals surface area contributed by atoms with E-state index in [-0.39, 0.29) is 11.8 Å². The Morgan fingerprint density at radius 3 is 2.79 bits per heavy atom. The quantitative estimate of drug-likeness (QED) is 0.904. The van der Waals surface area contributed by atoms with Gasteiger partial charge in [0, 0.05) is 31.4 Å². The van der Waals surface area contributed by atoms with Gasteiger partial charge in [0.1, 0.15) is 6.04 Å². The Balaban J connectivity index is 1.89. The third kappa shape index (κ3) is 3.35. The van der Waals surface area contributed by atoms with Gasteiger partial charge in [0.2, 0.25) is 5.91 Å². The highest BCUT2D eigenvalue weighted by atomic mass is 16.2. The van der Waals surface area contributed by atoms with Gasteiger partial charge in [0.15, 0.2) is 0 Å². The number of aromatic nitrogens is 1. The molecular weight excluding hydrogens is 302 g/mol. The monoisotopic (exact) mass is 325 g/mol. The molecule has 0 radical (unpaired) electrons. The highest BCUT2D eigenvalue weighted by Gasteiger charge is 2.33. The molecule has 2 amide bonds. The topological polar surface area (TPSA) is 65.2 Å². The van der Waals surface area contributed by atoms with E-state index in [2.05, 4.69) is 10.3 Å². The first-order valence-electron chi connectivity index (χ1n) is 8.49. The molecule has 5 nitrogen and oxygen atoms in total. The summed E-state index contributed by atoms with van der Waals surface area (Å²) in [6.45, 7) is 3.21. The molecule has 5 heteroatoms. The van der Waals surface area contributed by atoms with Crippen LogP contribution in [0.3, 0.4) is 0 Å². The van der Waals surface area contributed by atoms with Crippen molar-refractivity contribution in [1.82, 2.24) is 15.2 Å². The fourth-order valence-electron chi connectivity index (χ4n) is 3.21. The van der Waals surface area contributed by atoms with E-state index >= 15 is 0 Å². The molecule has 126 valence electrons. The van der Waals surface area contributed by atoms with Crippen LogP contribution in [-0.2, 0) is 17.6 Å². The Hall–Kier alpha value is -2.56. The first-order chi connectivity index (χ1) is 11.7. The second kappa shape index (κ2) is 7.34. The van der Waals surface area contributed by atoms with Crippen molar-refractivity contribution in [3.8, 4) is 0 Å². The number of aromatic amines is 1. The summed E-state index contributed by atoms with van der Waals surface area (Å²) in [5.74, 6) is -0.135. The van der Waals surface area contributed by atoms with Crippen LogP contribution in [0, 0.1) is 0 Å². The number of rotatable bonds is 4. The molecule has 0 aliphatic carbocycles. The van der Waals surface area contributed by atoms with Crippen LogP contribution in [0.25, 0.3) is 0 Å². The maximum absolute atomic E-state index is 13.1. The molecule has 1 fully saturated rings. The minimum absolute atomic E-state index is 0.0638. The summed E-state index contributed by atoms with van der Waals surface area (Å²) < 4.78 is 0. The standard InChI is InChI=1S/C19H23N3O2/c1-2-16-15(9-11-20-16)19(24)22-12-6-10-21-18(23)17(22)13-14-7-4-3-5-8-14/h3-5,7-9,11,17,20H,2,6,10,12-13H2,1H3,(H,21,23). The first kappa shape index (κ1) is 16.3. The summed E-state index contributed by atoms with van der Waals surface area (Å²) in [6, 6.07) is 11.2. The van der Waals surface area contributed by atoms with Crippen LogP contribution in [0.2, 0.25) is 0 Å². The fourth-order valence-corrected chi connectivity index (χ4v) is 3.21. The van der Waals surface area contributed by atoms with Crippen molar-refractivity contribution in [3.05, 3.63) is 59.4 Å². The van der Waals surface area contributed by atoms with Crippen LogP contribution in [0.4, 0.5) is 0 Å². The highest BCUT2D eigenvalue weighted by Crippen LogP contribution is 2.18. The Morgan fingerprint density at radius 1 is 1.25 bits per heavy atom. The van der Waals surface area contributed by atoms with Crippen LogP contribution >= 0.6 is 0 Å². The average Bonchev–Trinajstić information content (AvgIpc) is 3.02. The van der Waals surface area contributed by atoms with E-state index in [0.29, 0.717) is 25.1 Å². The van der Waals surface area contributed by atoms with Crippen molar-refractivity contribution in [3.63, 3.8) is 0 Å². The number of carbonyl (C=O) groups is 2. The van der Waals surface area contributed by atoms with Gasteiger partial charge < -0.3 is 15.2 Å². The zero-order valence-electron chi connectivity index (χ0n) is 13.9. The van der Waals surface area contributed by atoms with Gasteiger partial charge in [-0.1, -0.05) is 37.3 Å². The molecule has 1 atom stereocenters. The third-order valence-corrected chi connectivity index (χ3v) is 4.50. The zero-order chi connectivity index (χ0) is 16.9. The molecule has 1 saturated heterocycles. The lowest BCUT2D eigenvalue weighted by Gasteiger charge is -2.28. The molecule has 0 spiro atoms. The average molecular weight is 325 g/mol. The van der Waals surface area contributed by atoms with Gasteiger partial charge in [-0.25, -0.2) is 0 Å². The summed E-state index contributed by atoms with van der Waals surface area (Å²) in [5.41, 5.74) is 2.65. The van der Waals surface area contributed by atoms with Crippen LogP contribution in [0.5, 0.6) is 0 Å². The predicted molar refractivity (Wildman–Crippen MR) is 92.8 cm³/mol. The molecule has 1 aliphatic rings. The van der Waals surface area contributed by atoms with Crippen LogP contribution in [0.1, 0.15) is 35.0 Å². The molecular formula is C19H23N3O2. The maximum atomic E-state index is 13.1. The molecule has 2 aromatic rings. The zero-order valence-corrected chi connectivity index (χ0v) is 13.9. The van der Waals surface area contributed by atoms with Gasteiger partial charge in [-0.3, -0.25) is 9.59 Å². The van der Waals surface area contributed by atoms with Crippen molar-refractivity contribution in [2.75, 3.05) is 13.1 Å². The molecule has 0 bridgehead atoms. The van der Waals surface area contributed by atoms with E-state index in [4.69, 9.17) is 0 Å². The Labute approximate surface area is 142 Å². The SMILES string of the molecule is CCc1[nH]ccc1C(=O)N1CCCNC(=O)C1Cc1ccccc1. The number of aryl methyl sites for hydroxylation is 1. The number of hydrogen-bond acceptors (Lipinski definition) is 2. The number of hydrogen-bond donors (Lipinski definition) is 2. The highest BCUT2D eigenvalue weighted by molar-refractivity contribution is 5.98. The number of nitrogens with one attached hydrogen (secondary N) is 2. The van der Waals surface area contributed by atoms with Gasteiger partial charge >= 0.3 is 0 Å². The lowest BCUT2D eigenvalue weighted by atomic mass is 10.0. The Bertz CT molecular complexity index is 708. The van der Waals surface area contributed by atoms with E-state index in [1.807, 2.05) is 43.3 Å². The van der Waals surface area contributed by atoms with Gasteiger partial charge in [-0.05, 0) is 24.5 Å². The maximum Gasteiger partial charge on any atom is 0.256 e. The van der Waals surface area contributed by atoms with Crippen molar-refractivity contribution in [2.24, 2.45) is 0 Å². The number of amides is 2. The minimum Gasteiger partial charge on any atom is -0.364 e. The smallest absolute Gasteiger partial charge is 0.256 e. The minimum atomic E-state index is -0.470. The normalized spacial score (nSPS) is 18.1. The molecule has 2 N–H and O–H groups in total. The first-order valence-corrected chi connectivity index (χ1v) is 8.49. The lowest BCUT2D eigenvalue weighted by molar-refractivity contribution is -0.124. The fraction of sp³-hybridized carbons (Fsp3) is 0.368. The van der Waals surface area contributed by atoms with Crippen molar-refractivity contribution < 1.29 is 9.59 Å². The van der Waals surface area contributed by atoms with Crippen molar-refractivity contribution >= 4 is 11.8 Å². The van der Waals surface area contributed by atoms with Crippen LogP contribution in [-0.4, -0.2) is 40.8 Å². The van der Waals surface area contributed by atoms with E-state index in [0.717, 1.165) is 24.1 Å². The molecule has 1 unspecified atom stereocenters. The van der Waals surface area contributed by atoms with E-state index in [1.54, 1.807) is 11.1 Å². The summed E-state index contributed by atoms with van der Waals surface area (Å²) in [5, 5.41) is 2.93. The second-order valence-corrected chi connectivity index (χ2v) is 6.07. The molecule has 1 aromatic carbocycles. The molecule has 1 aromatic heterocycles. The third-order valence-electron chi connectivity index (χ3n) is 4.50. The summed E-state index contributed by atoms with van der Waals surface area (Å²) in [7, 11) is 0. The van der Waals surface area contributed by atoms with Crippen molar-refractivity contribution in [2.45, 2.75) is 32.2 Å². The largest absolute Gasteiger partial charge is 0.364 e. The summed E-state index contributed by atoms with van der Waals surface area (Å²) in [6.07, 6.45) is 3.85. The summed E-state index contributed by atoms with van der Waals surface area (Å²) in [4.78, 5) is 30.5. The van der Waals surface area contributed by atoms with Gasteiger partial charge in [-0.15, -0.1) is 0 Å². The van der Waals surface area contributed by atoms with Crippen LogP contribution in [0.15, 0.2) is 42.6 Å². The second-order valence-electron chi connectivity index (χ2n) is 6.07. The number of carbonyl (C=O) groups excluding carboxylic acids is 2. The Kier molecular flexibility index (Phi) is 4.99. The summed E-state index contributed by atoms with van der Waals surface area (Å²) >= 11 is 0. The van der Waals surface area contributed by atoms with E-state index in [1.165, 1.54) is 0 Å². The van der Waals surface area contributed by atoms with Gasteiger partial charge in [-0.2, -0.15) is 0 Å². The van der Waals surface area contributed by atoms with E-state index in [9.17, 15) is 9.59 Å². The van der Waals surface area contributed by atoms with Crippen molar-refractivity contribution in [1.29, 1.82) is 0 Å². The number of benzene rings is 1. The lowest BCUT2D eigenvalue weighted by Crippen LogP contribution is -2.48. The molecule has 0 saturated carbocycles. The molecule has 1 aliphatic heterocycles. The molecule has 2 heterocycles. The van der Waals surface area contributed by atoms with Crippen LogP contribution < -0.4 is 5.32 Å². The Morgan fingerprint density at radius 2 is 2.04 bits per heavy atom. The van der Waals surface area contributed by atoms with Gasteiger partial charge in [0.05, 0.1) is 5.56 Å². The molecule has 3 rings (SSSR count). The predicted octanol–water partition coefficient (Wildman–Crippen LogP) is 2.15. The number of H-pyrrole nitrogens is 1. The molecule has 24 heavy (non-hydrogen) atoms.